The number of fused-ring (bicyclic) bond motifs is 1. The first kappa shape index (κ1) is 18.7. The predicted octanol–water partition coefficient (Wildman–Crippen LogP) is 7.52. The summed E-state index contributed by atoms with van der Waals surface area (Å²) < 4.78 is 56.9. The second kappa shape index (κ2) is 7.42. The zero-order valence-electron chi connectivity index (χ0n) is 15.3. The highest BCUT2D eigenvalue weighted by Crippen LogP contribution is 2.39. The summed E-state index contributed by atoms with van der Waals surface area (Å²) in [5, 5.41) is 0.474. The Balaban J connectivity index is 1.70. The van der Waals surface area contributed by atoms with E-state index in [1.807, 2.05) is 6.08 Å². The summed E-state index contributed by atoms with van der Waals surface area (Å²) in [7, 11) is 0. The minimum atomic E-state index is -0.963. The lowest BCUT2D eigenvalue weighted by Gasteiger charge is -2.27. The van der Waals surface area contributed by atoms with Gasteiger partial charge in [0.2, 0.25) is 0 Å². The maximum atomic E-state index is 14.8. The number of benzene rings is 3. The second-order valence-electron chi connectivity index (χ2n) is 7.50. The minimum absolute atomic E-state index is 0.0835. The zero-order chi connectivity index (χ0) is 19.8. The van der Waals surface area contributed by atoms with Gasteiger partial charge >= 0.3 is 0 Å². The fourth-order valence-corrected chi connectivity index (χ4v) is 4.21. The van der Waals surface area contributed by atoms with Crippen molar-refractivity contribution >= 4 is 10.8 Å². The van der Waals surface area contributed by atoms with Gasteiger partial charge in [-0.25, -0.2) is 17.6 Å². The fourth-order valence-electron chi connectivity index (χ4n) is 4.21. The average Bonchev–Trinajstić information content (AvgIpc) is 2.70. The Kier molecular flexibility index (Phi) is 4.96. The average molecular weight is 384 g/mol. The molecule has 0 spiro atoms. The molecule has 0 saturated heterocycles. The molecule has 1 aliphatic rings. The number of hydrogen-bond acceptors (Lipinski definition) is 0. The van der Waals surface area contributed by atoms with Gasteiger partial charge in [0.1, 0.15) is 11.6 Å². The monoisotopic (exact) mass is 384 g/mol. The molecule has 0 heterocycles. The number of halogens is 4. The van der Waals surface area contributed by atoms with E-state index in [-0.39, 0.29) is 16.9 Å². The molecule has 4 rings (SSSR count). The fraction of sp³-hybridized carbons (Fsp3) is 0.250. The van der Waals surface area contributed by atoms with E-state index in [9.17, 15) is 17.6 Å². The molecule has 3 aromatic carbocycles. The van der Waals surface area contributed by atoms with E-state index in [0.29, 0.717) is 22.4 Å². The smallest absolute Gasteiger partial charge is 0.166 e. The van der Waals surface area contributed by atoms with Gasteiger partial charge in [0.05, 0.1) is 5.56 Å². The summed E-state index contributed by atoms with van der Waals surface area (Å²) >= 11 is 0. The van der Waals surface area contributed by atoms with E-state index in [2.05, 4.69) is 6.58 Å². The van der Waals surface area contributed by atoms with Crippen LogP contribution in [-0.2, 0) is 0 Å². The molecule has 0 atom stereocenters. The van der Waals surface area contributed by atoms with Crippen molar-refractivity contribution in [3.63, 3.8) is 0 Å². The van der Waals surface area contributed by atoms with E-state index in [0.717, 1.165) is 31.7 Å². The lowest BCUT2D eigenvalue weighted by molar-refractivity contribution is 0.374. The highest BCUT2D eigenvalue weighted by Gasteiger charge is 2.23. The Morgan fingerprint density at radius 2 is 1.46 bits per heavy atom. The van der Waals surface area contributed by atoms with E-state index in [4.69, 9.17) is 0 Å². The molecule has 4 heteroatoms. The molecular formula is C24H20F4. The van der Waals surface area contributed by atoms with Crippen molar-refractivity contribution in [2.45, 2.75) is 31.6 Å². The molecule has 0 nitrogen and oxygen atoms in total. The molecule has 0 unspecified atom stereocenters. The molecular weight excluding hydrogens is 364 g/mol. The molecule has 0 aromatic heterocycles. The zero-order valence-corrected chi connectivity index (χ0v) is 15.3. The Morgan fingerprint density at radius 1 is 0.786 bits per heavy atom. The van der Waals surface area contributed by atoms with Gasteiger partial charge in [0.25, 0.3) is 0 Å². The van der Waals surface area contributed by atoms with Crippen LogP contribution in [0.3, 0.4) is 0 Å². The van der Waals surface area contributed by atoms with Gasteiger partial charge in [-0.3, -0.25) is 0 Å². The maximum absolute atomic E-state index is 14.8. The van der Waals surface area contributed by atoms with Crippen LogP contribution in [0, 0.1) is 29.2 Å². The molecule has 3 aromatic rings. The summed E-state index contributed by atoms with van der Waals surface area (Å²) in [6.45, 7) is 3.82. The SMILES string of the molecule is C=C[C@H]1CC[C@H](c2cc(F)c(-c3ccc4c(F)c(F)ccc4c3)c(F)c2)CC1. The van der Waals surface area contributed by atoms with Crippen LogP contribution in [0.25, 0.3) is 21.9 Å². The van der Waals surface area contributed by atoms with Crippen LogP contribution in [0.1, 0.15) is 37.2 Å². The van der Waals surface area contributed by atoms with Crippen molar-refractivity contribution in [3.8, 4) is 11.1 Å². The third kappa shape index (κ3) is 3.32. The summed E-state index contributed by atoms with van der Waals surface area (Å²) in [5.74, 6) is -2.56. The molecule has 28 heavy (non-hydrogen) atoms. The molecule has 1 fully saturated rings. The highest BCUT2D eigenvalue weighted by molar-refractivity contribution is 5.88. The maximum Gasteiger partial charge on any atom is 0.166 e. The van der Waals surface area contributed by atoms with Gasteiger partial charge in [-0.1, -0.05) is 24.3 Å². The van der Waals surface area contributed by atoms with E-state index >= 15 is 0 Å². The standard InChI is InChI=1S/C24H20F4/c1-2-14-3-5-15(6-4-14)18-12-21(26)23(22(27)13-18)17-7-9-19-16(11-17)8-10-20(25)24(19)28/h2,7-15H,1,3-6H2/t14-,15-. The molecule has 144 valence electrons. The van der Waals surface area contributed by atoms with Crippen LogP contribution in [0.15, 0.2) is 55.1 Å². The normalized spacial score (nSPS) is 19.7. The van der Waals surface area contributed by atoms with Crippen LogP contribution in [-0.4, -0.2) is 0 Å². The van der Waals surface area contributed by atoms with E-state index in [1.165, 1.54) is 36.4 Å². The van der Waals surface area contributed by atoms with Crippen LogP contribution in [0.2, 0.25) is 0 Å². The highest BCUT2D eigenvalue weighted by atomic mass is 19.2. The molecule has 0 N–H and O–H groups in total. The third-order valence-electron chi connectivity index (χ3n) is 5.84. The van der Waals surface area contributed by atoms with Gasteiger partial charge in [0.15, 0.2) is 11.6 Å². The van der Waals surface area contributed by atoms with Crippen LogP contribution >= 0.6 is 0 Å². The topological polar surface area (TPSA) is 0 Å². The van der Waals surface area contributed by atoms with Crippen molar-refractivity contribution in [2.24, 2.45) is 5.92 Å². The Hall–Kier alpha value is -2.62. The first-order valence-corrected chi connectivity index (χ1v) is 9.47. The number of rotatable bonds is 3. The number of allylic oxidation sites excluding steroid dienone is 1. The quantitative estimate of drug-likeness (QED) is 0.323. The Morgan fingerprint density at radius 3 is 2.11 bits per heavy atom. The molecule has 1 saturated carbocycles. The summed E-state index contributed by atoms with van der Waals surface area (Å²) in [6, 6.07) is 9.48. The molecule has 0 bridgehead atoms. The molecule has 0 radical (unpaired) electrons. The predicted molar refractivity (Wildman–Crippen MR) is 104 cm³/mol. The molecule has 1 aliphatic carbocycles. The van der Waals surface area contributed by atoms with Gasteiger partial charge in [-0.15, -0.1) is 6.58 Å². The lowest BCUT2D eigenvalue weighted by atomic mass is 9.78. The van der Waals surface area contributed by atoms with Crippen molar-refractivity contribution < 1.29 is 17.6 Å². The van der Waals surface area contributed by atoms with Crippen molar-refractivity contribution in [3.05, 3.63) is 84.0 Å². The summed E-state index contributed by atoms with van der Waals surface area (Å²) in [4.78, 5) is 0. The van der Waals surface area contributed by atoms with Gasteiger partial charge in [-0.05, 0) is 78.3 Å². The van der Waals surface area contributed by atoms with Crippen molar-refractivity contribution in [2.75, 3.05) is 0 Å². The van der Waals surface area contributed by atoms with Crippen LogP contribution in [0.5, 0.6) is 0 Å². The first-order valence-electron chi connectivity index (χ1n) is 9.47. The summed E-state index contributed by atoms with van der Waals surface area (Å²) in [5.41, 5.74) is 0.834. The van der Waals surface area contributed by atoms with Crippen LogP contribution in [0.4, 0.5) is 17.6 Å². The lowest BCUT2D eigenvalue weighted by Crippen LogP contribution is -2.12. The third-order valence-corrected chi connectivity index (χ3v) is 5.84. The van der Waals surface area contributed by atoms with Gasteiger partial charge in [-0.2, -0.15) is 0 Å². The molecule has 0 amide bonds. The Labute approximate surface area is 161 Å². The van der Waals surface area contributed by atoms with E-state index in [1.54, 1.807) is 0 Å². The first-order chi connectivity index (χ1) is 13.5. The van der Waals surface area contributed by atoms with Crippen LogP contribution < -0.4 is 0 Å². The minimum Gasteiger partial charge on any atom is -0.206 e. The summed E-state index contributed by atoms with van der Waals surface area (Å²) in [6.07, 6.45) is 5.68. The van der Waals surface area contributed by atoms with Crippen molar-refractivity contribution in [1.29, 1.82) is 0 Å². The van der Waals surface area contributed by atoms with Crippen molar-refractivity contribution in [1.82, 2.24) is 0 Å². The van der Waals surface area contributed by atoms with Gasteiger partial charge < -0.3 is 0 Å². The van der Waals surface area contributed by atoms with Gasteiger partial charge in [0, 0.05) is 5.39 Å². The largest absolute Gasteiger partial charge is 0.206 e. The Bertz CT molecular complexity index is 1020. The number of hydrogen-bond donors (Lipinski definition) is 0. The molecule has 0 aliphatic heterocycles. The second-order valence-corrected chi connectivity index (χ2v) is 7.50. The van der Waals surface area contributed by atoms with E-state index < -0.39 is 23.3 Å².